The molecule has 1 unspecified atom stereocenters. The van der Waals surface area contributed by atoms with Crippen molar-refractivity contribution in [2.45, 2.75) is 33.4 Å². The van der Waals surface area contributed by atoms with Crippen LogP contribution in [0.3, 0.4) is 0 Å². The Kier molecular flexibility index (Phi) is 3.92. The summed E-state index contributed by atoms with van der Waals surface area (Å²) in [5.41, 5.74) is 3.98. The molecule has 0 saturated heterocycles. The minimum atomic E-state index is 0.316. The third-order valence-electron chi connectivity index (χ3n) is 2.72. The van der Waals surface area contributed by atoms with E-state index in [1.807, 2.05) is 11.6 Å². The van der Waals surface area contributed by atoms with Crippen LogP contribution in [0.2, 0.25) is 0 Å². The smallest absolute Gasteiger partial charge is 0.109 e. The summed E-state index contributed by atoms with van der Waals surface area (Å²) in [4.78, 5) is 4.32. The van der Waals surface area contributed by atoms with Gasteiger partial charge >= 0.3 is 0 Å². The minimum Gasteiger partial charge on any atom is -0.304 e. The van der Waals surface area contributed by atoms with E-state index in [0.717, 1.165) is 11.6 Å². The van der Waals surface area contributed by atoms with Gasteiger partial charge in [-0.2, -0.15) is 0 Å². The van der Waals surface area contributed by atoms with Crippen LogP contribution < -0.4 is 5.32 Å². The van der Waals surface area contributed by atoms with E-state index in [2.05, 4.69) is 49.3 Å². The van der Waals surface area contributed by atoms with Crippen LogP contribution in [0.15, 0.2) is 29.8 Å². The fraction of sp³-hybridized carbons (Fsp3) is 0.357. The Balaban J connectivity index is 1.98. The van der Waals surface area contributed by atoms with Crippen molar-refractivity contribution >= 4 is 11.3 Å². The maximum Gasteiger partial charge on any atom is 0.109 e. The summed E-state index contributed by atoms with van der Waals surface area (Å²) in [7, 11) is 0. The van der Waals surface area contributed by atoms with Gasteiger partial charge in [-0.1, -0.05) is 29.3 Å². The van der Waals surface area contributed by atoms with Crippen molar-refractivity contribution < 1.29 is 0 Å². The Morgan fingerprint density at radius 2 is 1.94 bits per heavy atom. The van der Waals surface area contributed by atoms with Crippen LogP contribution in [0.25, 0.3) is 0 Å². The SMILES string of the molecule is Cc1cc(C)cc(CNC(C)c2nccs2)c1. The van der Waals surface area contributed by atoms with Crippen molar-refractivity contribution in [2.75, 3.05) is 0 Å². The van der Waals surface area contributed by atoms with E-state index in [4.69, 9.17) is 0 Å². The number of aromatic nitrogens is 1. The van der Waals surface area contributed by atoms with E-state index in [0.29, 0.717) is 6.04 Å². The van der Waals surface area contributed by atoms with Crippen molar-refractivity contribution in [3.05, 3.63) is 51.5 Å². The summed E-state index contributed by atoms with van der Waals surface area (Å²) in [6.45, 7) is 7.33. The molecule has 0 fully saturated rings. The topological polar surface area (TPSA) is 24.9 Å². The molecule has 2 aromatic rings. The number of hydrogen-bond acceptors (Lipinski definition) is 3. The molecular weight excluding hydrogens is 228 g/mol. The fourth-order valence-electron chi connectivity index (χ4n) is 1.98. The van der Waals surface area contributed by atoms with Gasteiger partial charge in [-0.3, -0.25) is 0 Å². The van der Waals surface area contributed by atoms with Crippen molar-refractivity contribution in [3.63, 3.8) is 0 Å². The molecule has 2 nitrogen and oxygen atoms in total. The van der Waals surface area contributed by atoms with E-state index >= 15 is 0 Å². The first-order valence-electron chi connectivity index (χ1n) is 5.85. The fourth-order valence-corrected chi connectivity index (χ4v) is 2.65. The first-order chi connectivity index (χ1) is 8.15. The van der Waals surface area contributed by atoms with Crippen molar-refractivity contribution in [1.29, 1.82) is 0 Å². The lowest BCUT2D eigenvalue weighted by molar-refractivity contribution is 0.571. The zero-order valence-electron chi connectivity index (χ0n) is 10.5. The lowest BCUT2D eigenvalue weighted by Gasteiger charge is -2.12. The largest absolute Gasteiger partial charge is 0.304 e. The van der Waals surface area contributed by atoms with E-state index in [-0.39, 0.29) is 0 Å². The van der Waals surface area contributed by atoms with Crippen LogP contribution in [-0.2, 0) is 6.54 Å². The summed E-state index contributed by atoms with van der Waals surface area (Å²) in [6.07, 6.45) is 1.86. The van der Waals surface area contributed by atoms with Crippen LogP contribution in [0.4, 0.5) is 0 Å². The van der Waals surface area contributed by atoms with E-state index in [9.17, 15) is 0 Å². The molecule has 0 radical (unpaired) electrons. The Bertz CT molecular complexity index is 457. The van der Waals surface area contributed by atoms with Crippen LogP contribution in [-0.4, -0.2) is 4.98 Å². The number of nitrogens with zero attached hydrogens (tertiary/aromatic N) is 1. The third-order valence-corrected chi connectivity index (χ3v) is 3.67. The van der Waals surface area contributed by atoms with Gasteiger partial charge < -0.3 is 5.32 Å². The van der Waals surface area contributed by atoms with Crippen molar-refractivity contribution in [3.8, 4) is 0 Å². The molecule has 1 aromatic heterocycles. The lowest BCUT2D eigenvalue weighted by atomic mass is 10.1. The third kappa shape index (κ3) is 3.38. The molecular formula is C14H18N2S. The lowest BCUT2D eigenvalue weighted by Crippen LogP contribution is -2.18. The monoisotopic (exact) mass is 246 g/mol. The van der Waals surface area contributed by atoms with Crippen molar-refractivity contribution in [1.82, 2.24) is 10.3 Å². The number of thiazole rings is 1. The van der Waals surface area contributed by atoms with Gasteiger partial charge in [0.05, 0.1) is 6.04 Å². The zero-order valence-corrected chi connectivity index (χ0v) is 11.3. The zero-order chi connectivity index (χ0) is 12.3. The average molecular weight is 246 g/mol. The average Bonchev–Trinajstić information content (AvgIpc) is 2.78. The predicted molar refractivity (Wildman–Crippen MR) is 73.3 cm³/mol. The Hall–Kier alpha value is -1.19. The Morgan fingerprint density at radius 1 is 1.24 bits per heavy atom. The molecule has 1 atom stereocenters. The molecule has 0 aliphatic rings. The highest BCUT2D eigenvalue weighted by molar-refractivity contribution is 7.09. The number of aryl methyl sites for hydroxylation is 2. The molecule has 1 aromatic carbocycles. The van der Waals surface area contributed by atoms with E-state index in [1.54, 1.807) is 11.3 Å². The predicted octanol–water partition coefficient (Wildman–Crippen LogP) is 3.61. The maximum absolute atomic E-state index is 4.32. The summed E-state index contributed by atoms with van der Waals surface area (Å²) in [5.74, 6) is 0. The molecule has 2 rings (SSSR count). The van der Waals surface area contributed by atoms with Crippen LogP contribution in [0.5, 0.6) is 0 Å². The first kappa shape index (κ1) is 12.3. The number of nitrogens with one attached hydrogen (secondary N) is 1. The van der Waals surface area contributed by atoms with Gasteiger partial charge in [-0.15, -0.1) is 11.3 Å². The minimum absolute atomic E-state index is 0.316. The highest BCUT2D eigenvalue weighted by atomic mass is 32.1. The second-order valence-corrected chi connectivity index (χ2v) is 5.40. The molecule has 0 aliphatic carbocycles. The van der Waals surface area contributed by atoms with Crippen LogP contribution in [0.1, 0.15) is 34.7 Å². The van der Waals surface area contributed by atoms with E-state index in [1.165, 1.54) is 16.7 Å². The molecule has 1 heterocycles. The second-order valence-electron chi connectivity index (χ2n) is 4.47. The molecule has 17 heavy (non-hydrogen) atoms. The van der Waals surface area contributed by atoms with Gasteiger partial charge in [0.25, 0.3) is 0 Å². The highest BCUT2D eigenvalue weighted by Gasteiger charge is 2.07. The van der Waals surface area contributed by atoms with Crippen LogP contribution in [0, 0.1) is 13.8 Å². The molecule has 0 saturated carbocycles. The molecule has 0 aliphatic heterocycles. The molecule has 3 heteroatoms. The standard InChI is InChI=1S/C14H18N2S/c1-10-6-11(2)8-13(7-10)9-16-12(3)14-15-4-5-17-14/h4-8,12,16H,9H2,1-3H3. The second kappa shape index (κ2) is 5.43. The van der Waals surface area contributed by atoms with E-state index < -0.39 is 0 Å². The number of benzene rings is 1. The molecule has 1 N–H and O–H groups in total. The van der Waals surface area contributed by atoms with Crippen LogP contribution >= 0.6 is 11.3 Å². The van der Waals surface area contributed by atoms with Gasteiger partial charge in [0, 0.05) is 18.1 Å². The van der Waals surface area contributed by atoms with Gasteiger partial charge in [0.15, 0.2) is 0 Å². The summed E-state index contributed by atoms with van der Waals surface area (Å²) >= 11 is 1.70. The van der Waals surface area contributed by atoms with Gasteiger partial charge in [0.2, 0.25) is 0 Å². The normalized spacial score (nSPS) is 12.6. The van der Waals surface area contributed by atoms with Gasteiger partial charge in [0.1, 0.15) is 5.01 Å². The molecule has 0 amide bonds. The molecule has 90 valence electrons. The summed E-state index contributed by atoms with van der Waals surface area (Å²) in [6, 6.07) is 6.98. The molecule has 0 bridgehead atoms. The summed E-state index contributed by atoms with van der Waals surface area (Å²) < 4.78 is 0. The van der Waals surface area contributed by atoms with Crippen molar-refractivity contribution in [2.24, 2.45) is 0 Å². The number of rotatable bonds is 4. The summed E-state index contributed by atoms with van der Waals surface area (Å²) in [5, 5.41) is 6.67. The van der Waals surface area contributed by atoms with Gasteiger partial charge in [-0.25, -0.2) is 4.98 Å². The number of hydrogen-bond donors (Lipinski definition) is 1. The highest BCUT2D eigenvalue weighted by Crippen LogP contribution is 2.16. The Labute approximate surface area is 107 Å². The Morgan fingerprint density at radius 3 is 2.53 bits per heavy atom. The van der Waals surface area contributed by atoms with Gasteiger partial charge in [-0.05, 0) is 26.3 Å². The first-order valence-corrected chi connectivity index (χ1v) is 6.73. The quantitative estimate of drug-likeness (QED) is 0.891. The molecule has 0 spiro atoms. The maximum atomic E-state index is 4.32.